The molecule has 188 valence electrons. The Hall–Kier alpha value is -3.13. The number of piperazine rings is 1. The number of carbonyl (C=O) groups excluding carboxylic acids is 2. The van der Waals surface area contributed by atoms with Crippen molar-refractivity contribution in [1.29, 1.82) is 0 Å². The molecule has 0 bridgehead atoms. The number of benzene rings is 2. The van der Waals surface area contributed by atoms with Crippen LogP contribution in [-0.4, -0.2) is 54.1 Å². The van der Waals surface area contributed by atoms with Crippen molar-refractivity contribution in [1.82, 2.24) is 10.2 Å². The summed E-state index contributed by atoms with van der Waals surface area (Å²) >= 11 is 5.34. The van der Waals surface area contributed by atoms with Crippen LogP contribution in [-0.2, 0) is 4.79 Å². The molecule has 7 nitrogen and oxygen atoms in total. The summed E-state index contributed by atoms with van der Waals surface area (Å²) in [6.07, 6.45) is 0.963. The summed E-state index contributed by atoms with van der Waals surface area (Å²) < 4.78 is 5.80. The van der Waals surface area contributed by atoms with Crippen molar-refractivity contribution in [2.45, 2.75) is 47.1 Å². The first-order valence-electron chi connectivity index (χ1n) is 12.1. The van der Waals surface area contributed by atoms with E-state index in [9.17, 15) is 9.59 Å². The van der Waals surface area contributed by atoms with Crippen LogP contribution in [0.15, 0.2) is 48.5 Å². The third kappa shape index (κ3) is 7.42. The number of hydrogen-bond acceptors (Lipinski definition) is 5. The van der Waals surface area contributed by atoms with Gasteiger partial charge in [0.05, 0.1) is 6.10 Å². The topological polar surface area (TPSA) is 73.9 Å². The van der Waals surface area contributed by atoms with Gasteiger partial charge in [-0.3, -0.25) is 14.9 Å². The van der Waals surface area contributed by atoms with Crippen molar-refractivity contribution in [2.75, 3.05) is 36.4 Å². The third-order valence-electron chi connectivity index (χ3n) is 5.93. The van der Waals surface area contributed by atoms with E-state index in [2.05, 4.69) is 15.5 Å². The van der Waals surface area contributed by atoms with E-state index in [1.54, 1.807) is 18.2 Å². The zero-order valence-corrected chi connectivity index (χ0v) is 22.1. The van der Waals surface area contributed by atoms with Crippen LogP contribution in [0.4, 0.5) is 11.4 Å². The molecule has 2 amide bonds. The monoisotopic (exact) mass is 496 g/mol. The molecule has 35 heavy (non-hydrogen) atoms. The number of nitrogens with zero attached hydrogens (tertiary/aromatic N) is 2. The number of carbonyl (C=O) groups is 2. The van der Waals surface area contributed by atoms with Crippen LogP contribution in [0.3, 0.4) is 0 Å². The van der Waals surface area contributed by atoms with Crippen LogP contribution < -0.4 is 20.3 Å². The SMILES string of the molecule is CCC(C)Oc1cccc(C(=O)NC(=S)Nc2ccc(N3CCN(C(=O)C(C)(C)C)CC3)cc2)c1. The Morgan fingerprint density at radius 2 is 1.71 bits per heavy atom. The molecule has 0 aromatic heterocycles. The Morgan fingerprint density at radius 1 is 1.06 bits per heavy atom. The Labute approximate surface area is 213 Å². The predicted molar refractivity (Wildman–Crippen MR) is 145 cm³/mol. The molecule has 1 aliphatic rings. The number of hydrogen-bond donors (Lipinski definition) is 2. The lowest BCUT2D eigenvalue weighted by Gasteiger charge is -2.38. The summed E-state index contributed by atoms with van der Waals surface area (Å²) in [6, 6.07) is 15.0. The second kappa shape index (κ2) is 11.5. The van der Waals surface area contributed by atoms with Crippen LogP contribution in [0.5, 0.6) is 5.75 Å². The lowest BCUT2D eigenvalue weighted by Crippen LogP contribution is -2.51. The first-order chi connectivity index (χ1) is 16.6. The van der Waals surface area contributed by atoms with Crippen LogP contribution in [0.25, 0.3) is 0 Å². The van der Waals surface area contributed by atoms with Crippen LogP contribution in [0.2, 0.25) is 0 Å². The highest BCUT2D eigenvalue weighted by molar-refractivity contribution is 7.80. The van der Waals surface area contributed by atoms with Gasteiger partial charge in [0.1, 0.15) is 5.75 Å². The van der Waals surface area contributed by atoms with E-state index in [1.165, 1.54) is 0 Å². The minimum absolute atomic E-state index is 0.0777. The lowest BCUT2D eigenvalue weighted by atomic mass is 9.94. The molecule has 2 aromatic rings. The van der Waals surface area contributed by atoms with E-state index in [0.29, 0.717) is 11.3 Å². The van der Waals surface area contributed by atoms with Crippen molar-refractivity contribution < 1.29 is 14.3 Å². The summed E-state index contributed by atoms with van der Waals surface area (Å²) in [4.78, 5) is 29.3. The highest BCUT2D eigenvalue weighted by Crippen LogP contribution is 2.23. The minimum Gasteiger partial charge on any atom is -0.491 e. The molecule has 2 aromatic carbocycles. The van der Waals surface area contributed by atoms with Gasteiger partial charge in [-0.05, 0) is 68.0 Å². The fourth-order valence-electron chi connectivity index (χ4n) is 3.76. The Morgan fingerprint density at radius 3 is 2.31 bits per heavy atom. The van der Waals surface area contributed by atoms with Gasteiger partial charge >= 0.3 is 0 Å². The van der Waals surface area contributed by atoms with Gasteiger partial charge in [-0.1, -0.05) is 33.8 Å². The molecule has 1 unspecified atom stereocenters. The Bertz CT molecular complexity index is 1040. The zero-order chi connectivity index (χ0) is 25.6. The van der Waals surface area contributed by atoms with E-state index in [0.717, 1.165) is 44.0 Å². The van der Waals surface area contributed by atoms with E-state index in [1.807, 2.05) is 69.9 Å². The first kappa shape index (κ1) is 26.5. The van der Waals surface area contributed by atoms with Crippen molar-refractivity contribution in [2.24, 2.45) is 5.41 Å². The van der Waals surface area contributed by atoms with Gasteiger partial charge in [-0.2, -0.15) is 0 Å². The third-order valence-corrected chi connectivity index (χ3v) is 6.14. The van der Waals surface area contributed by atoms with Gasteiger partial charge in [0.25, 0.3) is 5.91 Å². The van der Waals surface area contributed by atoms with Crippen molar-refractivity contribution >= 4 is 40.5 Å². The molecule has 1 atom stereocenters. The first-order valence-corrected chi connectivity index (χ1v) is 12.5. The minimum atomic E-state index is -0.354. The summed E-state index contributed by atoms with van der Waals surface area (Å²) in [5, 5.41) is 6.01. The average molecular weight is 497 g/mol. The van der Waals surface area contributed by atoms with Gasteiger partial charge in [-0.25, -0.2) is 0 Å². The summed E-state index contributed by atoms with van der Waals surface area (Å²) in [5.74, 6) is 0.559. The maximum atomic E-state index is 12.6. The molecule has 0 spiro atoms. The van der Waals surface area contributed by atoms with E-state index < -0.39 is 0 Å². The average Bonchev–Trinajstić information content (AvgIpc) is 2.83. The lowest BCUT2D eigenvalue weighted by molar-refractivity contribution is -0.139. The standard InChI is InChI=1S/C27H36N4O3S/c1-6-19(2)34-23-9-7-8-20(18-23)24(32)29-26(35)28-21-10-12-22(13-11-21)30-14-16-31(17-15-30)25(33)27(3,4)5/h7-13,18-19H,6,14-17H2,1-5H3,(H2,28,29,32,35). The molecule has 0 radical (unpaired) electrons. The molecule has 2 N–H and O–H groups in total. The van der Waals surface area contributed by atoms with Gasteiger partial charge in [0.2, 0.25) is 5.91 Å². The molecule has 0 aliphatic carbocycles. The molecule has 1 heterocycles. The predicted octanol–water partition coefficient (Wildman–Crippen LogP) is 4.69. The van der Waals surface area contributed by atoms with Crippen LogP contribution in [0.1, 0.15) is 51.4 Å². The van der Waals surface area contributed by atoms with Gasteiger partial charge < -0.3 is 19.9 Å². The molecule has 0 saturated carbocycles. The number of rotatable bonds is 6. The molecule has 8 heteroatoms. The normalized spacial score (nSPS) is 14.8. The quantitative estimate of drug-likeness (QED) is 0.566. The molecule has 1 saturated heterocycles. The number of thiocarbonyl (C=S) groups is 1. The molecule has 1 aliphatic heterocycles. The second-order valence-electron chi connectivity index (χ2n) is 9.85. The fourth-order valence-corrected chi connectivity index (χ4v) is 3.97. The highest BCUT2D eigenvalue weighted by atomic mass is 32.1. The summed E-state index contributed by atoms with van der Waals surface area (Å²) in [5.41, 5.74) is 2.00. The van der Waals surface area contributed by atoms with E-state index in [4.69, 9.17) is 17.0 Å². The molecule has 1 fully saturated rings. The largest absolute Gasteiger partial charge is 0.491 e. The Balaban J connectivity index is 1.51. The van der Waals surface area contributed by atoms with Crippen LogP contribution in [0, 0.1) is 5.41 Å². The van der Waals surface area contributed by atoms with Crippen molar-refractivity contribution in [3.63, 3.8) is 0 Å². The maximum absolute atomic E-state index is 12.6. The number of anilines is 2. The van der Waals surface area contributed by atoms with E-state index >= 15 is 0 Å². The van der Waals surface area contributed by atoms with E-state index in [-0.39, 0.29) is 28.4 Å². The fraction of sp³-hybridized carbons (Fsp3) is 0.444. The Kier molecular flexibility index (Phi) is 8.72. The summed E-state index contributed by atoms with van der Waals surface area (Å²) in [7, 11) is 0. The van der Waals surface area contributed by atoms with Crippen molar-refractivity contribution in [3.8, 4) is 5.75 Å². The van der Waals surface area contributed by atoms with Gasteiger partial charge in [0.15, 0.2) is 5.11 Å². The second-order valence-corrected chi connectivity index (χ2v) is 10.3. The van der Waals surface area contributed by atoms with Gasteiger partial charge in [-0.15, -0.1) is 0 Å². The molecular weight excluding hydrogens is 460 g/mol. The molecule has 3 rings (SSSR count). The number of ether oxygens (including phenoxy) is 1. The number of nitrogens with one attached hydrogen (secondary N) is 2. The van der Waals surface area contributed by atoms with Crippen LogP contribution >= 0.6 is 12.2 Å². The molecular formula is C27H36N4O3S. The highest BCUT2D eigenvalue weighted by Gasteiger charge is 2.29. The van der Waals surface area contributed by atoms with Crippen molar-refractivity contribution in [3.05, 3.63) is 54.1 Å². The maximum Gasteiger partial charge on any atom is 0.257 e. The number of amides is 2. The zero-order valence-electron chi connectivity index (χ0n) is 21.3. The van der Waals surface area contributed by atoms with Gasteiger partial charge in [0, 0.05) is 48.5 Å². The summed E-state index contributed by atoms with van der Waals surface area (Å²) in [6.45, 7) is 12.9. The smallest absolute Gasteiger partial charge is 0.257 e.